The highest BCUT2D eigenvalue weighted by Crippen LogP contribution is 2.33. The Kier molecular flexibility index (Phi) is 6.40. The van der Waals surface area contributed by atoms with E-state index in [0.717, 1.165) is 29.0 Å². The molecule has 1 aromatic heterocycles. The van der Waals surface area contributed by atoms with Gasteiger partial charge in [0.2, 0.25) is 0 Å². The first-order valence-corrected chi connectivity index (χ1v) is 8.61. The molecule has 3 aromatic rings. The Morgan fingerprint density at radius 1 is 1.19 bits per heavy atom. The lowest BCUT2D eigenvalue weighted by atomic mass is 10.0. The molecule has 138 valence electrons. The van der Waals surface area contributed by atoms with Gasteiger partial charge in [0.05, 0.1) is 13.1 Å². The Morgan fingerprint density at radius 3 is 2.67 bits per heavy atom. The zero-order valence-electron chi connectivity index (χ0n) is 14.8. The maximum absolute atomic E-state index is 7.42. The molecule has 0 aliphatic carbocycles. The quantitative estimate of drug-likeness (QED) is 0.192. The molecule has 0 saturated carbocycles. The van der Waals surface area contributed by atoms with Crippen molar-refractivity contribution in [1.82, 2.24) is 19.8 Å². The lowest BCUT2D eigenvalue weighted by Crippen LogP contribution is -2.10. The van der Waals surface area contributed by atoms with Gasteiger partial charge in [-0.2, -0.15) is 10.2 Å². The molecule has 0 saturated heterocycles. The van der Waals surface area contributed by atoms with Crippen molar-refractivity contribution in [3.63, 3.8) is 0 Å². The Hall–Kier alpha value is -2.90. The number of hydroxylamine groups is 2. The van der Waals surface area contributed by atoms with E-state index < -0.39 is 0 Å². The van der Waals surface area contributed by atoms with Gasteiger partial charge in [-0.15, -0.1) is 9.32 Å². The molecule has 0 spiro atoms. The van der Waals surface area contributed by atoms with Crippen molar-refractivity contribution >= 4 is 18.0 Å². The van der Waals surface area contributed by atoms with Crippen LogP contribution in [0.1, 0.15) is 5.56 Å². The van der Waals surface area contributed by atoms with Crippen molar-refractivity contribution in [2.45, 2.75) is 6.54 Å². The highest BCUT2D eigenvalue weighted by atomic mass is 32.2. The monoisotopic (exact) mass is 383 g/mol. The molecule has 1 heterocycles. The van der Waals surface area contributed by atoms with Gasteiger partial charge in [0, 0.05) is 14.1 Å². The van der Waals surface area contributed by atoms with Gasteiger partial charge in [-0.3, -0.25) is 0 Å². The Bertz CT molecular complexity index is 908. The van der Waals surface area contributed by atoms with Crippen molar-refractivity contribution in [3.8, 4) is 16.9 Å². The van der Waals surface area contributed by atoms with Gasteiger partial charge in [-0.25, -0.2) is 14.5 Å². The average Bonchev–Trinajstić information content (AvgIpc) is 3.18. The summed E-state index contributed by atoms with van der Waals surface area (Å²) in [6.07, 6.45) is 3.16. The first-order chi connectivity index (χ1) is 13.2. The molecule has 0 radical (unpaired) electrons. The van der Waals surface area contributed by atoms with E-state index in [4.69, 9.17) is 20.1 Å². The molecule has 0 unspecified atom stereocenters. The Balaban J connectivity index is 1.73. The van der Waals surface area contributed by atoms with Crippen LogP contribution in [-0.2, 0) is 15.9 Å². The van der Waals surface area contributed by atoms with E-state index in [1.165, 1.54) is 11.4 Å². The summed E-state index contributed by atoms with van der Waals surface area (Å²) in [4.78, 5) is 12.3. The van der Waals surface area contributed by atoms with E-state index in [-0.39, 0.29) is 0 Å². The molecular formula is C18H17N5O3S. The summed E-state index contributed by atoms with van der Waals surface area (Å²) in [5.74, 6) is 0.606. The van der Waals surface area contributed by atoms with Gasteiger partial charge < -0.3 is 4.18 Å². The van der Waals surface area contributed by atoms with Crippen molar-refractivity contribution in [2.75, 3.05) is 14.1 Å². The van der Waals surface area contributed by atoms with Crippen LogP contribution in [0.3, 0.4) is 0 Å². The SMILES string of the molecule is [C-]#[N+]c1ccc(Cn2cncn2)cc1-c1ccc(OSOON(C)C)cc1. The molecular weight excluding hydrogens is 366 g/mol. The summed E-state index contributed by atoms with van der Waals surface area (Å²) in [5, 5.41) is 5.52. The fraction of sp³-hybridized carbons (Fsp3) is 0.167. The summed E-state index contributed by atoms with van der Waals surface area (Å²) < 4.78 is 11.9. The predicted octanol–water partition coefficient (Wildman–Crippen LogP) is 3.91. The van der Waals surface area contributed by atoms with Gasteiger partial charge >= 0.3 is 0 Å². The number of hydrogen-bond donors (Lipinski definition) is 0. The lowest BCUT2D eigenvalue weighted by molar-refractivity contribution is -0.342. The zero-order valence-corrected chi connectivity index (χ0v) is 15.6. The fourth-order valence-electron chi connectivity index (χ4n) is 2.33. The second-order valence-corrected chi connectivity index (χ2v) is 6.13. The highest BCUT2D eigenvalue weighted by Gasteiger charge is 2.08. The third-order valence-corrected chi connectivity index (χ3v) is 3.87. The highest BCUT2D eigenvalue weighted by molar-refractivity contribution is 7.90. The van der Waals surface area contributed by atoms with Gasteiger partial charge in [0.25, 0.3) is 12.3 Å². The molecule has 0 amide bonds. The molecule has 0 aliphatic rings. The van der Waals surface area contributed by atoms with Gasteiger partial charge in [-0.05, 0) is 28.8 Å². The topological polar surface area (TPSA) is 66.0 Å². The summed E-state index contributed by atoms with van der Waals surface area (Å²) in [7, 11) is 3.39. The van der Waals surface area contributed by atoms with E-state index in [2.05, 4.69) is 14.9 Å². The van der Waals surface area contributed by atoms with Gasteiger partial charge in [0.1, 0.15) is 18.4 Å². The van der Waals surface area contributed by atoms with E-state index in [1.807, 2.05) is 30.3 Å². The molecule has 27 heavy (non-hydrogen) atoms. The number of hydrogen-bond acceptors (Lipinski definition) is 7. The van der Waals surface area contributed by atoms with Crippen molar-refractivity contribution in [2.24, 2.45) is 0 Å². The fourth-order valence-corrected chi connectivity index (χ4v) is 2.69. The number of nitrogens with zero attached hydrogens (tertiary/aromatic N) is 5. The summed E-state index contributed by atoms with van der Waals surface area (Å²) >= 11 is 0.721. The molecule has 0 N–H and O–H groups in total. The van der Waals surface area contributed by atoms with Crippen molar-refractivity contribution in [3.05, 3.63) is 72.1 Å². The van der Waals surface area contributed by atoms with E-state index in [9.17, 15) is 0 Å². The second kappa shape index (κ2) is 9.16. The van der Waals surface area contributed by atoms with Crippen LogP contribution >= 0.6 is 12.3 Å². The number of aromatic nitrogens is 3. The van der Waals surface area contributed by atoms with Crippen molar-refractivity contribution < 1.29 is 13.5 Å². The van der Waals surface area contributed by atoms with Crippen LogP contribution in [0.2, 0.25) is 0 Å². The smallest absolute Gasteiger partial charge is 0.260 e. The third-order valence-electron chi connectivity index (χ3n) is 3.50. The molecule has 0 aliphatic heterocycles. The van der Waals surface area contributed by atoms with E-state index in [1.54, 1.807) is 37.2 Å². The molecule has 0 bridgehead atoms. The summed E-state index contributed by atoms with van der Waals surface area (Å²) in [6, 6.07) is 13.1. The second-order valence-electron chi connectivity index (χ2n) is 5.69. The lowest BCUT2D eigenvalue weighted by Gasteiger charge is -2.10. The molecule has 2 aromatic carbocycles. The van der Waals surface area contributed by atoms with E-state index >= 15 is 0 Å². The minimum Gasteiger partial charge on any atom is -0.399 e. The van der Waals surface area contributed by atoms with Crippen LogP contribution < -0.4 is 4.18 Å². The van der Waals surface area contributed by atoms with Crippen LogP contribution in [0.4, 0.5) is 5.69 Å². The minimum atomic E-state index is 0.586. The first-order valence-electron chi connectivity index (χ1n) is 7.94. The summed E-state index contributed by atoms with van der Waals surface area (Å²) in [5.41, 5.74) is 3.40. The largest absolute Gasteiger partial charge is 0.399 e. The number of rotatable bonds is 8. The number of benzene rings is 2. The standard InChI is InChI=1S/C18H17N5O3S/c1-19-18-9-4-14(11-23-13-20-12-21-23)10-17(18)15-5-7-16(8-6-15)24-27-26-25-22(2)3/h4-10,12-13H,11H2,2-3H3. The maximum Gasteiger partial charge on any atom is 0.260 e. The molecule has 0 fully saturated rings. The predicted molar refractivity (Wildman–Crippen MR) is 101 cm³/mol. The zero-order chi connectivity index (χ0) is 19.1. The van der Waals surface area contributed by atoms with Crippen LogP contribution in [0.5, 0.6) is 5.75 Å². The average molecular weight is 383 g/mol. The van der Waals surface area contributed by atoms with Crippen LogP contribution in [0.25, 0.3) is 16.0 Å². The Morgan fingerprint density at radius 2 is 2.00 bits per heavy atom. The van der Waals surface area contributed by atoms with Crippen LogP contribution in [-0.4, -0.2) is 33.9 Å². The minimum absolute atomic E-state index is 0.586. The van der Waals surface area contributed by atoms with E-state index in [0.29, 0.717) is 18.0 Å². The Labute approximate surface area is 161 Å². The molecule has 8 nitrogen and oxygen atoms in total. The van der Waals surface area contributed by atoms with Crippen molar-refractivity contribution in [1.29, 1.82) is 0 Å². The molecule has 3 rings (SSSR count). The van der Waals surface area contributed by atoms with Gasteiger partial charge in [0.15, 0.2) is 5.69 Å². The maximum atomic E-state index is 7.42. The third kappa shape index (κ3) is 5.29. The molecule has 0 atom stereocenters. The normalized spacial score (nSPS) is 10.7. The first kappa shape index (κ1) is 18.9. The van der Waals surface area contributed by atoms with Crippen LogP contribution in [0, 0.1) is 6.57 Å². The molecule has 9 heteroatoms. The summed E-state index contributed by atoms with van der Waals surface area (Å²) in [6.45, 7) is 8.01. The van der Waals surface area contributed by atoms with Gasteiger partial charge in [-0.1, -0.05) is 30.3 Å². The van der Waals surface area contributed by atoms with Crippen LogP contribution in [0.15, 0.2) is 55.1 Å².